The van der Waals surface area contributed by atoms with Gasteiger partial charge in [0.15, 0.2) is 5.78 Å². The molecule has 18 heavy (non-hydrogen) atoms. The van der Waals surface area contributed by atoms with Crippen molar-refractivity contribution in [2.75, 3.05) is 0 Å². The van der Waals surface area contributed by atoms with Crippen LogP contribution in [-0.2, 0) is 0 Å². The number of phenolic OH excluding ortho intramolecular Hbond substituents is 2. The summed E-state index contributed by atoms with van der Waals surface area (Å²) in [4.78, 5) is 11.8. The molecule has 0 aliphatic rings. The second-order valence-electron chi connectivity index (χ2n) is 3.54. The maximum absolute atomic E-state index is 11.8. The van der Waals surface area contributed by atoms with Crippen LogP contribution in [0.15, 0.2) is 41.0 Å². The van der Waals surface area contributed by atoms with Crippen molar-refractivity contribution >= 4 is 23.5 Å². The van der Waals surface area contributed by atoms with Gasteiger partial charge in [-0.05, 0) is 30.4 Å². The number of aromatic hydroxyl groups is 2. The fourth-order valence-electron chi connectivity index (χ4n) is 1.41. The summed E-state index contributed by atoms with van der Waals surface area (Å²) in [5.41, 5.74) is 0.0250. The van der Waals surface area contributed by atoms with Crippen LogP contribution < -0.4 is 0 Å². The maximum atomic E-state index is 11.8. The Morgan fingerprint density at radius 1 is 1.33 bits per heavy atom. The highest BCUT2D eigenvalue weighted by molar-refractivity contribution is 6.36. The lowest BCUT2D eigenvalue weighted by Crippen LogP contribution is -1.95. The first-order chi connectivity index (χ1) is 8.58. The van der Waals surface area contributed by atoms with Crippen LogP contribution in [0.25, 0.3) is 6.08 Å². The van der Waals surface area contributed by atoms with Gasteiger partial charge in [0.25, 0.3) is 0 Å². The molecule has 0 saturated heterocycles. The van der Waals surface area contributed by atoms with E-state index in [0.717, 1.165) is 6.07 Å². The molecule has 0 aliphatic carbocycles. The Hall–Kier alpha value is -2.20. The first-order valence-corrected chi connectivity index (χ1v) is 5.43. The second kappa shape index (κ2) is 4.98. The Balaban J connectivity index is 2.29. The largest absolute Gasteiger partial charge is 0.508 e. The van der Waals surface area contributed by atoms with Gasteiger partial charge in [-0.15, -0.1) is 0 Å². The summed E-state index contributed by atoms with van der Waals surface area (Å²) < 4.78 is 5.03. The lowest BCUT2D eigenvalue weighted by molar-refractivity contribution is 0.104. The number of carbonyl (C=O) groups is 1. The Kier molecular flexibility index (Phi) is 3.39. The number of benzene rings is 1. The van der Waals surface area contributed by atoms with Gasteiger partial charge >= 0.3 is 0 Å². The van der Waals surface area contributed by atoms with Crippen molar-refractivity contribution in [2.45, 2.75) is 0 Å². The fraction of sp³-hybridized carbons (Fsp3) is 0. The first kappa shape index (κ1) is 12.3. The molecule has 92 valence electrons. The number of halogens is 1. The molecule has 0 bridgehead atoms. The Labute approximate surface area is 108 Å². The van der Waals surface area contributed by atoms with Gasteiger partial charge in [-0.3, -0.25) is 4.79 Å². The molecule has 0 spiro atoms. The fourth-order valence-corrected chi connectivity index (χ4v) is 1.61. The molecule has 0 fully saturated rings. The lowest BCUT2D eigenvalue weighted by Gasteiger charge is -2.03. The van der Waals surface area contributed by atoms with Crippen LogP contribution in [-0.4, -0.2) is 16.0 Å². The van der Waals surface area contributed by atoms with Gasteiger partial charge in [-0.1, -0.05) is 11.6 Å². The van der Waals surface area contributed by atoms with E-state index in [0.29, 0.717) is 5.76 Å². The van der Waals surface area contributed by atoms with Gasteiger partial charge in [0, 0.05) is 11.6 Å². The van der Waals surface area contributed by atoms with E-state index in [1.165, 1.54) is 24.5 Å². The standard InChI is InChI=1S/C13H9ClO4/c14-13-10(6-8(15)7-12(13)17)11(16)4-3-9-2-1-5-18-9/h1-7,15,17H/b4-3+. The topological polar surface area (TPSA) is 70.7 Å². The highest BCUT2D eigenvalue weighted by Crippen LogP contribution is 2.32. The summed E-state index contributed by atoms with van der Waals surface area (Å²) in [7, 11) is 0. The summed E-state index contributed by atoms with van der Waals surface area (Å²) in [5, 5.41) is 18.6. The quantitative estimate of drug-likeness (QED) is 0.659. The predicted octanol–water partition coefficient (Wildman–Crippen LogP) is 3.24. The highest BCUT2D eigenvalue weighted by atomic mass is 35.5. The highest BCUT2D eigenvalue weighted by Gasteiger charge is 2.13. The van der Waals surface area contributed by atoms with E-state index in [1.807, 2.05) is 0 Å². The van der Waals surface area contributed by atoms with E-state index in [9.17, 15) is 15.0 Å². The van der Waals surface area contributed by atoms with Gasteiger partial charge in [0.2, 0.25) is 0 Å². The van der Waals surface area contributed by atoms with Gasteiger partial charge in [0.05, 0.1) is 11.3 Å². The smallest absolute Gasteiger partial charge is 0.187 e. The number of allylic oxidation sites excluding steroid dienone is 1. The molecule has 4 nitrogen and oxygen atoms in total. The van der Waals surface area contributed by atoms with Crippen molar-refractivity contribution < 1.29 is 19.4 Å². The molecule has 0 aliphatic heterocycles. The zero-order valence-electron chi connectivity index (χ0n) is 9.13. The predicted molar refractivity (Wildman–Crippen MR) is 66.9 cm³/mol. The average molecular weight is 265 g/mol. The zero-order chi connectivity index (χ0) is 13.1. The number of hydrogen-bond acceptors (Lipinski definition) is 4. The maximum Gasteiger partial charge on any atom is 0.187 e. The molecular weight excluding hydrogens is 256 g/mol. The van der Waals surface area contributed by atoms with E-state index < -0.39 is 5.78 Å². The summed E-state index contributed by atoms with van der Waals surface area (Å²) in [5.74, 6) is -0.496. The van der Waals surface area contributed by atoms with Crippen LogP contribution >= 0.6 is 11.6 Å². The second-order valence-corrected chi connectivity index (χ2v) is 3.92. The molecular formula is C13H9ClO4. The number of carbonyl (C=O) groups excluding carboxylic acids is 1. The minimum Gasteiger partial charge on any atom is -0.508 e. The van der Waals surface area contributed by atoms with Crippen LogP contribution in [0.3, 0.4) is 0 Å². The molecule has 0 saturated carbocycles. The van der Waals surface area contributed by atoms with Gasteiger partial charge in [-0.25, -0.2) is 0 Å². The van der Waals surface area contributed by atoms with Gasteiger partial charge < -0.3 is 14.6 Å². The minimum absolute atomic E-state index is 0.0250. The Bertz CT molecular complexity index is 600. The molecule has 1 aromatic heterocycles. The average Bonchev–Trinajstić information content (AvgIpc) is 2.83. The molecule has 0 unspecified atom stereocenters. The minimum atomic E-state index is -0.442. The van der Waals surface area contributed by atoms with Crippen molar-refractivity contribution in [1.82, 2.24) is 0 Å². The van der Waals surface area contributed by atoms with Gasteiger partial charge in [-0.2, -0.15) is 0 Å². The summed E-state index contributed by atoms with van der Waals surface area (Å²) in [6, 6.07) is 5.63. The summed E-state index contributed by atoms with van der Waals surface area (Å²) in [6.45, 7) is 0. The third-order valence-electron chi connectivity index (χ3n) is 2.25. The SMILES string of the molecule is O=C(/C=C/c1ccco1)c1cc(O)cc(O)c1Cl. The third kappa shape index (κ3) is 2.55. The normalized spacial score (nSPS) is 10.9. The number of furan rings is 1. The van der Waals surface area contributed by atoms with Crippen LogP contribution in [0.2, 0.25) is 5.02 Å². The third-order valence-corrected chi connectivity index (χ3v) is 2.64. The molecule has 0 atom stereocenters. The number of ketones is 1. The Morgan fingerprint density at radius 3 is 2.78 bits per heavy atom. The van der Waals surface area contributed by atoms with E-state index >= 15 is 0 Å². The van der Waals surface area contributed by atoms with Crippen molar-refractivity contribution in [1.29, 1.82) is 0 Å². The molecule has 2 rings (SSSR count). The number of hydrogen-bond donors (Lipinski definition) is 2. The van der Waals surface area contributed by atoms with E-state index in [2.05, 4.69) is 0 Å². The van der Waals surface area contributed by atoms with Crippen molar-refractivity contribution in [2.24, 2.45) is 0 Å². The van der Waals surface area contributed by atoms with Crippen molar-refractivity contribution in [3.05, 3.63) is 53.0 Å². The number of rotatable bonds is 3. The van der Waals surface area contributed by atoms with Crippen LogP contribution in [0.1, 0.15) is 16.1 Å². The van der Waals surface area contributed by atoms with Crippen molar-refractivity contribution in [3.63, 3.8) is 0 Å². The van der Waals surface area contributed by atoms with Crippen LogP contribution in [0.5, 0.6) is 11.5 Å². The van der Waals surface area contributed by atoms with E-state index in [4.69, 9.17) is 16.0 Å². The molecule has 2 N–H and O–H groups in total. The molecule has 1 aromatic carbocycles. The molecule has 1 heterocycles. The summed E-state index contributed by atoms with van der Waals surface area (Å²) in [6.07, 6.45) is 4.20. The van der Waals surface area contributed by atoms with Crippen LogP contribution in [0.4, 0.5) is 0 Å². The summed E-state index contributed by atoms with van der Waals surface area (Å²) >= 11 is 5.78. The van der Waals surface area contributed by atoms with E-state index in [1.54, 1.807) is 12.1 Å². The zero-order valence-corrected chi connectivity index (χ0v) is 9.89. The number of phenols is 2. The van der Waals surface area contributed by atoms with Crippen LogP contribution in [0, 0.1) is 0 Å². The van der Waals surface area contributed by atoms with Crippen molar-refractivity contribution in [3.8, 4) is 11.5 Å². The molecule has 2 aromatic rings. The van der Waals surface area contributed by atoms with E-state index in [-0.39, 0.29) is 22.1 Å². The molecule has 0 amide bonds. The molecule has 0 radical (unpaired) electrons. The Morgan fingerprint density at radius 2 is 2.11 bits per heavy atom. The molecule has 5 heteroatoms. The first-order valence-electron chi connectivity index (χ1n) is 5.05. The monoisotopic (exact) mass is 264 g/mol. The van der Waals surface area contributed by atoms with Gasteiger partial charge in [0.1, 0.15) is 17.3 Å². The lowest BCUT2D eigenvalue weighted by atomic mass is 10.1.